The Morgan fingerprint density at radius 1 is 1.14 bits per heavy atom. The van der Waals surface area contributed by atoms with Crippen molar-refractivity contribution in [2.24, 2.45) is 0 Å². The molecule has 0 aromatic carbocycles. The molecule has 0 unspecified atom stereocenters. The number of hydrogen-bond donors (Lipinski definition) is 0. The first kappa shape index (κ1) is 12.0. The summed E-state index contributed by atoms with van der Waals surface area (Å²) >= 11 is 4.58. The SMILES string of the molecule is C1=CC[C]([Ti][C]2=CC=CC2)=C1.COCl. The third-order valence-corrected chi connectivity index (χ3v) is 4.02. The molecule has 2 aliphatic carbocycles. The van der Waals surface area contributed by atoms with E-state index < -0.39 is 0 Å². The van der Waals surface area contributed by atoms with Gasteiger partial charge in [-0.25, -0.2) is 0 Å². The van der Waals surface area contributed by atoms with Gasteiger partial charge in [0.05, 0.1) is 19.0 Å². The molecule has 0 aromatic heterocycles. The normalized spacial score (nSPS) is 17.3. The van der Waals surface area contributed by atoms with Crippen LogP contribution in [0.4, 0.5) is 0 Å². The van der Waals surface area contributed by atoms with Crippen LogP contribution >= 0.6 is 11.9 Å². The molecule has 0 bridgehead atoms. The minimum atomic E-state index is 0.0833. The van der Waals surface area contributed by atoms with Gasteiger partial charge >= 0.3 is 76.2 Å². The first-order valence-electron chi connectivity index (χ1n) is 4.50. The molecule has 2 aliphatic rings. The smallest absolute Gasteiger partial charge is 0.0606 e. The number of allylic oxidation sites excluding steroid dienone is 8. The second-order valence-electron chi connectivity index (χ2n) is 2.93. The molecule has 0 saturated carbocycles. The maximum atomic E-state index is 4.50. The summed E-state index contributed by atoms with van der Waals surface area (Å²) in [6.45, 7) is 0. The Morgan fingerprint density at radius 3 is 1.86 bits per heavy atom. The van der Waals surface area contributed by atoms with Crippen LogP contribution in [0.3, 0.4) is 0 Å². The Bertz CT molecular complexity index is 262. The molecule has 0 aromatic rings. The summed E-state index contributed by atoms with van der Waals surface area (Å²) in [5, 5.41) is 0. The van der Waals surface area contributed by atoms with E-state index in [1.165, 1.54) is 20.0 Å². The summed E-state index contributed by atoms with van der Waals surface area (Å²) < 4.78 is 7.08. The van der Waals surface area contributed by atoms with Gasteiger partial charge in [-0.1, -0.05) is 0 Å². The molecule has 74 valence electrons. The van der Waals surface area contributed by atoms with Crippen LogP contribution in [0.2, 0.25) is 0 Å². The summed E-state index contributed by atoms with van der Waals surface area (Å²) in [7, 11) is 1.39. The molecule has 14 heavy (non-hydrogen) atoms. The Kier molecular flexibility index (Phi) is 6.21. The molecule has 1 nitrogen and oxygen atoms in total. The van der Waals surface area contributed by atoms with Crippen LogP contribution < -0.4 is 0 Å². The molecule has 0 saturated heterocycles. The van der Waals surface area contributed by atoms with Gasteiger partial charge in [0.2, 0.25) is 0 Å². The van der Waals surface area contributed by atoms with E-state index in [1.54, 1.807) is 7.76 Å². The van der Waals surface area contributed by atoms with Crippen molar-refractivity contribution in [3.63, 3.8) is 0 Å². The summed E-state index contributed by atoms with van der Waals surface area (Å²) in [5.41, 5.74) is 0. The van der Waals surface area contributed by atoms with E-state index in [1.807, 2.05) is 0 Å². The van der Waals surface area contributed by atoms with Gasteiger partial charge in [-0.2, -0.15) is 0 Å². The second kappa shape index (κ2) is 7.25. The average Bonchev–Trinajstić information content (AvgIpc) is 2.79. The molecule has 0 aliphatic heterocycles. The molecule has 0 amide bonds. The molecule has 2 rings (SSSR count). The molecular formula is C11H13ClOTi. The summed E-state index contributed by atoms with van der Waals surface area (Å²) in [5.74, 6) is 0. The summed E-state index contributed by atoms with van der Waals surface area (Å²) in [6, 6.07) is 0. The van der Waals surface area contributed by atoms with Crippen LogP contribution in [-0.4, -0.2) is 7.11 Å². The van der Waals surface area contributed by atoms with Crippen molar-refractivity contribution in [2.75, 3.05) is 7.11 Å². The zero-order valence-electron chi connectivity index (χ0n) is 8.16. The number of hydrogen-bond acceptors (Lipinski definition) is 1. The van der Waals surface area contributed by atoms with Crippen molar-refractivity contribution >= 4 is 11.9 Å². The van der Waals surface area contributed by atoms with E-state index >= 15 is 0 Å². The fourth-order valence-electron chi connectivity index (χ4n) is 1.29. The summed E-state index contributed by atoms with van der Waals surface area (Å²) in [6.07, 6.45) is 15.9. The minimum absolute atomic E-state index is 0.0833. The van der Waals surface area contributed by atoms with Crippen LogP contribution in [0.25, 0.3) is 0 Å². The van der Waals surface area contributed by atoms with Crippen molar-refractivity contribution in [2.45, 2.75) is 12.8 Å². The van der Waals surface area contributed by atoms with E-state index in [9.17, 15) is 0 Å². The van der Waals surface area contributed by atoms with Crippen LogP contribution in [0.1, 0.15) is 12.8 Å². The van der Waals surface area contributed by atoms with E-state index in [0.29, 0.717) is 0 Å². The van der Waals surface area contributed by atoms with Gasteiger partial charge in [0.25, 0.3) is 0 Å². The van der Waals surface area contributed by atoms with Crippen molar-refractivity contribution in [3.05, 3.63) is 44.2 Å². The maximum Gasteiger partial charge on any atom is 0.0606 e. The third kappa shape index (κ3) is 4.43. The Morgan fingerprint density at radius 2 is 1.57 bits per heavy atom. The van der Waals surface area contributed by atoms with Gasteiger partial charge in [0, 0.05) is 0 Å². The van der Waals surface area contributed by atoms with E-state index in [4.69, 9.17) is 0 Å². The van der Waals surface area contributed by atoms with Crippen LogP contribution in [0.5, 0.6) is 0 Å². The molecule has 0 radical (unpaired) electrons. The standard InChI is InChI=1S/2C5H5.CH3ClO.Ti/c2*1-2-4-5-3-1;1-3-2;/h2*1-3H,4H2;1H3;. The average molecular weight is 245 g/mol. The molecule has 0 spiro atoms. The molecule has 0 N–H and O–H groups in total. The zero-order valence-corrected chi connectivity index (χ0v) is 10.5. The fraction of sp³-hybridized carbons (Fsp3) is 0.273. The monoisotopic (exact) mass is 244 g/mol. The Hall–Kier alpha value is -0.0757. The van der Waals surface area contributed by atoms with Crippen LogP contribution in [-0.2, 0) is 23.4 Å². The number of halogens is 1. The fourth-order valence-corrected chi connectivity index (χ4v) is 3.18. The first-order valence-corrected chi connectivity index (χ1v) is 6.37. The van der Waals surface area contributed by atoms with Gasteiger partial charge in [0.1, 0.15) is 0 Å². The Balaban J connectivity index is 0.000000293. The van der Waals surface area contributed by atoms with Crippen molar-refractivity contribution < 1.29 is 23.4 Å². The predicted octanol–water partition coefficient (Wildman–Crippen LogP) is 3.54. The van der Waals surface area contributed by atoms with Crippen molar-refractivity contribution in [1.29, 1.82) is 0 Å². The largest absolute Gasteiger partial charge is 0.283 e. The molecule has 0 fully saturated rings. The Labute approximate surface area is 99.3 Å². The molecular weight excluding hydrogens is 231 g/mol. The van der Waals surface area contributed by atoms with Crippen molar-refractivity contribution in [1.82, 2.24) is 0 Å². The quantitative estimate of drug-likeness (QED) is 0.675. The first-order chi connectivity index (χ1) is 6.86. The van der Waals surface area contributed by atoms with Gasteiger partial charge in [0.15, 0.2) is 0 Å². The van der Waals surface area contributed by atoms with Crippen LogP contribution in [0.15, 0.2) is 44.2 Å². The predicted molar refractivity (Wildman–Crippen MR) is 56.5 cm³/mol. The topological polar surface area (TPSA) is 9.23 Å². The van der Waals surface area contributed by atoms with E-state index in [2.05, 4.69) is 52.6 Å². The second-order valence-corrected chi connectivity index (χ2v) is 5.63. The van der Waals surface area contributed by atoms with Gasteiger partial charge in [-0.3, -0.25) is 4.29 Å². The van der Waals surface area contributed by atoms with Crippen LogP contribution in [0, 0.1) is 0 Å². The van der Waals surface area contributed by atoms with E-state index in [-0.39, 0.29) is 19.2 Å². The molecule has 0 atom stereocenters. The molecule has 0 heterocycles. The minimum Gasteiger partial charge on any atom is -0.283 e. The van der Waals surface area contributed by atoms with Gasteiger partial charge in [-0.05, 0) is 0 Å². The van der Waals surface area contributed by atoms with Gasteiger partial charge in [-0.15, -0.1) is 0 Å². The summed E-state index contributed by atoms with van der Waals surface area (Å²) in [4.78, 5) is 0. The number of rotatable bonds is 2. The third-order valence-electron chi connectivity index (χ3n) is 1.86. The van der Waals surface area contributed by atoms with Crippen molar-refractivity contribution in [3.8, 4) is 0 Å². The van der Waals surface area contributed by atoms with Gasteiger partial charge < -0.3 is 0 Å². The maximum absolute atomic E-state index is 4.50. The molecule has 3 heteroatoms. The van der Waals surface area contributed by atoms with E-state index in [0.717, 1.165) is 0 Å². The zero-order chi connectivity index (χ0) is 10.2.